The van der Waals surface area contributed by atoms with Crippen molar-refractivity contribution in [2.45, 2.75) is 12.1 Å². The van der Waals surface area contributed by atoms with Crippen LogP contribution in [0.15, 0.2) is 23.4 Å². The molecule has 1 heterocycles. The van der Waals surface area contributed by atoms with Gasteiger partial charge in [-0.15, -0.1) is 0 Å². The lowest BCUT2D eigenvalue weighted by molar-refractivity contribution is -0.387. The fraction of sp³-hybridized carbons (Fsp3) is 0.235. The van der Waals surface area contributed by atoms with E-state index in [0.29, 0.717) is 0 Å². The Morgan fingerprint density at radius 2 is 2.03 bits per heavy atom. The summed E-state index contributed by atoms with van der Waals surface area (Å²) in [7, 11) is 0. The largest absolute Gasteiger partial charge is 0.478 e. The maximum atomic E-state index is 11.6. The highest BCUT2D eigenvalue weighted by Crippen LogP contribution is 2.38. The molecule has 0 aliphatic rings. The first-order valence-electron chi connectivity index (χ1n) is 8.14. The van der Waals surface area contributed by atoms with Crippen molar-refractivity contribution in [3.8, 4) is 23.6 Å². The molecule has 0 spiro atoms. The Morgan fingerprint density at radius 1 is 1.33 bits per heavy atom. The van der Waals surface area contributed by atoms with Gasteiger partial charge in [-0.2, -0.15) is 15.2 Å². The summed E-state index contributed by atoms with van der Waals surface area (Å²) in [6.45, 7) is 1.06. The highest BCUT2D eigenvalue weighted by Gasteiger charge is 2.29. The van der Waals surface area contributed by atoms with Gasteiger partial charge in [-0.05, 0) is 31.4 Å². The highest BCUT2D eigenvalue weighted by atomic mass is 32.2. The number of hydrogen-bond acceptors (Lipinski definition) is 11. The van der Waals surface area contributed by atoms with E-state index in [0.717, 1.165) is 17.8 Å². The van der Waals surface area contributed by atoms with E-state index in [9.17, 15) is 24.8 Å². The lowest BCUT2D eigenvalue weighted by atomic mass is 10.1. The molecule has 13 heteroatoms. The molecule has 0 bridgehead atoms. The first-order chi connectivity index (χ1) is 14.3. The van der Waals surface area contributed by atoms with Crippen molar-refractivity contribution in [3.63, 3.8) is 0 Å². The summed E-state index contributed by atoms with van der Waals surface area (Å²) >= 11 is 1.03. The number of benzene rings is 1. The van der Waals surface area contributed by atoms with Crippen LogP contribution >= 0.6 is 11.8 Å². The van der Waals surface area contributed by atoms with E-state index < -0.39 is 40.9 Å². The summed E-state index contributed by atoms with van der Waals surface area (Å²) in [6.07, 6.45) is 1.60. The number of rotatable bonds is 9. The number of aromatic nitrogens is 2. The lowest BCUT2D eigenvalue weighted by Crippen LogP contribution is -2.16. The van der Waals surface area contributed by atoms with Gasteiger partial charge in [0.25, 0.3) is 0 Å². The summed E-state index contributed by atoms with van der Waals surface area (Å²) < 4.78 is 15.3. The Kier molecular flexibility index (Phi) is 7.48. The van der Waals surface area contributed by atoms with Crippen LogP contribution in [0, 0.1) is 21.4 Å². The third-order valence-corrected chi connectivity index (χ3v) is 3.90. The second kappa shape index (κ2) is 10.0. The Bertz CT molecular complexity index is 1040. The monoisotopic (exact) mass is 434 g/mol. The highest BCUT2D eigenvalue weighted by molar-refractivity contribution is 7.98. The molecule has 0 fully saturated rings. The molecule has 1 aromatic carbocycles. The van der Waals surface area contributed by atoms with Gasteiger partial charge in [0.15, 0.2) is 11.8 Å². The predicted octanol–water partition coefficient (Wildman–Crippen LogP) is 2.41. The number of hydrogen-bond donors (Lipinski definition) is 1. The van der Waals surface area contributed by atoms with Crippen LogP contribution in [0.1, 0.15) is 22.8 Å². The molecule has 2 aromatic rings. The molecule has 0 aliphatic carbocycles. The number of nitriles is 1. The molecule has 1 aromatic heterocycles. The Balaban J connectivity index is 2.49. The Labute approximate surface area is 173 Å². The average Bonchev–Trinajstić information content (AvgIpc) is 2.71. The van der Waals surface area contributed by atoms with E-state index in [1.54, 1.807) is 19.2 Å². The van der Waals surface area contributed by atoms with Crippen LogP contribution in [0.3, 0.4) is 0 Å². The Hall–Kier alpha value is -3.92. The minimum absolute atomic E-state index is 0.0431. The van der Waals surface area contributed by atoms with Gasteiger partial charge in [-0.1, -0.05) is 11.8 Å². The molecule has 30 heavy (non-hydrogen) atoms. The van der Waals surface area contributed by atoms with Crippen molar-refractivity contribution < 1.29 is 33.8 Å². The van der Waals surface area contributed by atoms with Crippen molar-refractivity contribution in [3.05, 3.63) is 39.4 Å². The fourth-order valence-corrected chi connectivity index (χ4v) is 2.47. The standard InChI is InChI=1S/C17H14N4O8S/c1-3-27-12(22)8-28-14-13(21(25)26)15(20-17(19-14)30-2)29-10-5-4-9(7-18)11(6-10)16(23)24/h4-6H,3,8H2,1-2H3,(H,23,24). The number of carbonyl (C=O) groups excluding carboxylic acids is 1. The molecular formula is C17H14N4O8S. The first-order valence-corrected chi connectivity index (χ1v) is 9.37. The first kappa shape index (κ1) is 22.4. The second-order valence-corrected chi connectivity index (χ2v) is 6.02. The van der Waals surface area contributed by atoms with Crippen LogP contribution < -0.4 is 9.47 Å². The minimum atomic E-state index is -1.38. The zero-order valence-corrected chi connectivity index (χ0v) is 16.5. The minimum Gasteiger partial charge on any atom is -0.478 e. The van der Waals surface area contributed by atoms with Crippen LogP contribution in [0.5, 0.6) is 17.5 Å². The maximum absolute atomic E-state index is 11.6. The number of esters is 1. The van der Waals surface area contributed by atoms with Gasteiger partial charge in [0.1, 0.15) is 11.8 Å². The van der Waals surface area contributed by atoms with Gasteiger partial charge >= 0.3 is 29.4 Å². The normalized spacial score (nSPS) is 10.0. The van der Waals surface area contributed by atoms with Gasteiger partial charge in [0.2, 0.25) is 0 Å². The lowest BCUT2D eigenvalue weighted by Gasteiger charge is -2.11. The summed E-state index contributed by atoms with van der Waals surface area (Å²) in [4.78, 5) is 41.4. The predicted molar refractivity (Wildman–Crippen MR) is 101 cm³/mol. The molecule has 1 N–H and O–H groups in total. The van der Waals surface area contributed by atoms with Gasteiger partial charge < -0.3 is 19.3 Å². The molecule has 0 saturated carbocycles. The fourth-order valence-electron chi connectivity index (χ4n) is 2.12. The molecule has 0 aliphatic heterocycles. The molecule has 0 saturated heterocycles. The smallest absolute Gasteiger partial charge is 0.392 e. The van der Waals surface area contributed by atoms with Gasteiger partial charge in [-0.25, -0.2) is 9.59 Å². The third kappa shape index (κ3) is 5.32. The van der Waals surface area contributed by atoms with Crippen LogP contribution in [0.25, 0.3) is 0 Å². The topological polar surface area (TPSA) is 175 Å². The molecule has 0 amide bonds. The summed E-state index contributed by atoms with van der Waals surface area (Å²) in [5.74, 6) is -3.29. The van der Waals surface area contributed by atoms with Crippen molar-refractivity contribution in [2.75, 3.05) is 19.5 Å². The molecule has 156 valence electrons. The number of aromatic carboxylic acids is 1. The maximum Gasteiger partial charge on any atom is 0.392 e. The van der Waals surface area contributed by atoms with E-state index in [1.807, 2.05) is 0 Å². The molecule has 2 rings (SSSR count). The quantitative estimate of drug-likeness (QED) is 0.201. The summed E-state index contributed by atoms with van der Waals surface area (Å²) in [6, 6.07) is 5.21. The third-order valence-electron chi connectivity index (χ3n) is 3.35. The van der Waals surface area contributed by atoms with Gasteiger partial charge in [-0.3, -0.25) is 10.1 Å². The van der Waals surface area contributed by atoms with Crippen molar-refractivity contribution in [1.29, 1.82) is 5.26 Å². The molecule has 0 atom stereocenters. The number of carboxylic acids is 1. The number of ether oxygens (including phenoxy) is 3. The van der Waals surface area contributed by atoms with Crippen molar-refractivity contribution in [1.82, 2.24) is 9.97 Å². The number of thioether (sulfide) groups is 1. The van der Waals surface area contributed by atoms with Crippen LogP contribution in [-0.4, -0.2) is 51.4 Å². The number of nitro groups is 1. The number of carboxylic acid groups (broad SMARTS) is 1. The van der Waals surface area contributed by atoms with E-state index in [2.05, 4.69) is 9.97 Å². The van der Waals surface area contributed by atoms with Gasteiger partial charge in [0, 0.05) is 0 Å². The average molecular weight is 434 g/mol. The van der Waals surface area contributed by atoms with E-state index in [1.165, 1.54) is 12.1 Å². The second-order valence-electron chi connectivity index (χ2n) is 5.25. The molecule has 0 radical (unpaired) electrons. The van der Waals surface area contributed by atoms with E-state index in [4.69, 9.17) is 19.5 Å². The van der Waals surface area contributed by atoms with Crippen LogP contribution in [0.2, 0.25) is 0 Å². The molecular weight excluding hydrogens is 420 g/mol. The van der Waals surface area contributed by atoms with E-state index >= 15 is 0 Å². The summed E-state index contributed by atoms with van der Waals surface area (Å²) in [5, 5.41) is 29.8. The van der Waals surface area contributed by atoms with Crippen LogP contribution in [-0.2, 0) is 9.53 Å². The van der Waals surface area contributed by atoms with E-state index in [-0.39, 0.29) is 28.6 Å². The van der Waals surface area contributed by atoms with Crippen LogP contribution in [0.4, 0.5) is 5.69 Å². The SMILES string of the molecule is CCOC(=O)COc1nc(SC)nc(Oc2ccc(C#N)c(C(=O)O)c2)c1[N+](=O)[O-]. The summed E-state index contributed by atoms with van der Waals surface area (Å²) in [5.41, 5.74) is -1.23. The Morgan fingerprint density at radius 3 is 2.60 bits per heavy atom. The molecule has 12 nitrogen and oxygen atoms in total. The van der Waals surface area contributed by atoms with Crippen molar-refractivity contribution >= 4 is 29.4 Å². The number of carbonyl (C=O) groups is 2. The van der Waals surface area contributed by atoms with Crippen molar-refractivity contribution in [2.24, 2.45) is 0 Å². The van der Waals surface area contributed by atoms with Gasteiger partial charge in [0.05, 0.1) is 22.7 Å². The molecule has 0 unspecified atom stereocenters. The number of nitrogens with zero attached hydrogens (tertiary/aromatic N) is 4. The zero-order valence-electron chi connectivity index (χ0n) is 15.6. The zero-order chi connectivity index (χ0) is 22.3.